The van der Waals surface area contributed by atoms with Crippen LogP contribution < -0.4 is 0 Å². The summed E-state index contributed by atoms with van der Waals surface area (Å²) in [7, 11) is 1.94. The van der Waals surface area contributed by atoms with Crippen LogP contribution in [0.3, 0.4) is 0 Å². The Morgan fingerprint density at radius 2 is 1.91 bits per heavy atom. The maximum atomic E-state index is 11.4. The molecule has 0 aromatic heterocycles. The maximum Gasteiger partial charge on any atom is 0.146 e. The van der Waals surface area contributed by atoms with Crippen LogP contribution in [0.5, 0.6) is 0 Å². The van der Waals surface area contributed by atoms with Gasteiger partial charge in [0.15, 0.2) is 0 Å². The highest BCUT2D eigenvalue weighted by Gasteiger charge is 2.38. The Morgan fingerprint density at radius 3 is 2.36 bits per heavy atom. The lowest BCUT2D eigenvalue weighted by Gasteiger charge is -2.46. The van der Waals surface area contributed by atoms with E-state index in [2.05, 4.69) is 20.8 Å². The third kappa shape index (κ3) is 1.42. The van der Waals surface area contributed by atoms with Crippen molar-refractivity contribution in [2.75, 3.05) is 7.05 Å². The van der Waals surface area contributed by atoms with Crippen LogP contribution in [-0.4, -0.2) is 23.7 Å². The van der Waals surface area contributed by atoms with E-state index in [0.29, 0.717) is 5.92 Å². The smallest absolute Gasteiger partial charge is 0.146 e. The van der Waals surface area contributed by atoms with Crippen molar-refractivity contribution in [2.24, 2.45) is 5.92 Å². The largest absolute Gasteiger partial charge is 0.273 e. The van der Waals surface area contributed by atoms with E-state index in [1.165, 1.54) is 0 Å². The van der Waals surface area contributed by atoms with E-state index in [0.717, 1.165) is 12.8 Å². The Bertz CT molecular complexity index is 144. The van der Waals surface area contributed by atoms with Gasteiger partial charge < -0.3 is 0 Å². The van der Waals surface area contributed by atoms with E-state index in [1.54, 1.807) is 0 Å². The van der Waals surface area contributed by atoms with E-state index in [-0.39, 0.29) is 5.54 Å². The average molecular weight is 156 g/mol. The number of nitrogens with zero attached hydrogens (tertiary/aromatic N) is 1. The standard InChI is InChI=1S/C9H18NO/c1-7-5-6-8(11)10(4)9(7,2)3/h7-8H,5-6H2,1-4H3. The van der Waals surface area contributed by atoms with Crippen molar-refractivity contribution in [2.45, 2.75) is 45.4 Å². The molecule has 11 heavy (non-hydrogen) atoms. The maximum absolute atomic E-state index is 11.4. The molecule has 2 unspecified atom stereocenters. The van der Waals surface area contributed by atoms with Crippen molar-refractivity contribution in [3.05, 3.63) is 0 Å². The molecule has 0 saturated carbocycles. The molecule has 2 nitrogen and oxygen atoms in total. The molecule has 0 amide bonds. The Labute approximate surface area is 69.2 Å². The van der Waals surface area contributed by atoms with Crippen LogP contribution in [0.2, 0.25) is 0 Å². The van der Waals surface area contributed by atoms with Gasteiger partial charge in [0.2, 0.25) is 0 Å². The monoisotopic (exact) mass is 156 g/mol. The van der Waals surface area contributed by atoms with Crippen molar-refractivity contribution in [1.82, 2.24) is 4.90 Å². The van der Waals surface area contributed by atoms with E-state index in [1.807, 2.05) is 11.9 Å². The number of piperidine rings is 1. The Hall–Kier alpha value is -0.0800. The number of hydrogen-bond acceptors (Lipinski definition) is 1. The van der Waals surface area contributed by atoms with E-state index >= 15 is 0 Å². The molecule has 65 valence electrons. The topological polar surface area (TPSA) is 23.1 Å². The van der Waals surface area contributed by atoms with Gasteiger partial charge in [-0.05, 0) is 39.7 Å². The van der Waals surface area contributed by atoms with E-state index < -0.39 is 6.23 Å². The molecule has 1 aliphatic heterocycles. The zero-order valence-corrected chi connectivity index (χ0v) is 7.92. The summed E-state index contributed by atoms with van der Waals surface area (Å²) in [5.41, 5.74) is 0.0880. The molecule has 0 aliphatic carbocycles. The Morgan fingerprint density at radius 1 is 1.36 bits per heavy atom. The molecule has 0 spiro atoms. The van der Waals surface area contributed by atoms with Crippen molar-refractivity contribution < 1.29 is 5.11 Å². The summed E-state index contributed by atoms with van der Waals surface area (Å²) >= 11 is 0. The molecular weight excluding hydrogens is 138 g/mol. The third-order valence-electron chi connectivity index (χ3n) is 3.39. The molecule has 2 heteroatoms. The fourth-order valence-corrected chi connectivity index (χ4v) is 1.66. The highest BCUT2D eigenvalue weighted by atomic mass is 16.3. The van der Waals surface area contributed by atoms with Crippen LogP contribution in [0, 0.1) is 5.92 Å². The van der Waals surface area contributed by atoms with Crippen molar-refractivity contribution in [3.63, 3.8) is 0 Å². The van der Waals surface area contributed by atoms with Gasteiger partial charge >= 0.3 is 0 Å². The fourth-order valence-electron chi connectivity index (χ4n) is 1.66. The lowest BCUT2D eigenvalue weighted by Crippen LogP contribution is -2.54. The van der Waals surface area contributed by atoms with Gasteiger partial charge in [0, 0.05) is 5.54 Å². The van der Waals surface area contributed by atoms with Gasteiger partial charge in [-0.15, -0.1) is 0 Å². The molecule has 1 radical (unpaired) electrons. The molecule has 0 aromatic rings. The zero-order valence-electron chi connectivity index (χ0n) is 7.92. The number of rotatable bonds is 0. The van der Waals surface area contributed by atoms with Crippen molar-refractivity contribution in [1.29, 1.82) is 0 Å². The average Bonchev–Trinajstić information content (AvgIpc) is 1.95. The first-order chi connectivity index (χ1) is 4.96. The summed E-state index contributed by atoms with van der Waals surface area (Å²) in [6.07, 6.45) is 1.40. The first-order valence-corrected chi connectivity index (χ1v) is 4.35. The molecule has 1 fully saturated rings. The molecule has 0 N–H and O–H groups in total. The summed E-state index contributed by atoms with van der Waals surface area (Å²) in [6.45, 7) is 6.53. The zero-order chi connectivity index (χ0) is 8.65. The minimum atomic E-state index is -0.485. The van der Waals surface area contributed by atoms with Crippen LogP contribution in [0.15, 0.2) is 0 Å². The predicted octanol–water partition coefficient (Wildman–Crippen LogP) is 1.88. The summed E-state index contributed by atoms with van der Waals surface area (Å²) in [5, 5.41) is 11.4. The fraction of sp³-hybridized carbons (Fsp3) is 1.00. The molecule has 1 rings (SSSR count). The predicted molar refractivity (Wildman–Crippen MR) is 44.7 cm³/mol. The molecule has 1 saturated heterocycles. The van der Waals surface area contributed by atoms with Gasteiger partial charge in [0.05, 0.1) is 0 Å². The van der Waals surface area contributed by atoms with E-state index in [4.69, 9.17) is 0 Å². The number of hydrogen-bond donors (Lipinski definition) is 0. The second-order valence-electron chi connectivity index (χ2n) is 4.20. The van der Waals surface area contributed by atoms with Gasteiger partial charge in [-0.2, -0.15) is 0 Å². The van der Waals surface area contributed by atoms with E-state index in [9.17, 15) is 5.11 Å². The third-order valence-corrected chi connectivity index (χ3v) is 3.39. The first-order valence-electron chi connectivity index (χ1n) is 4.35. The van der Waals surface area contributed by atoms with Crippen LogP contribution >= 0.6 is 0 Å². The molecule has 1 aliphatic rings. The second-order valence-corrected chi connectivity index (χ2v) is 4.20. The molecule has 0 aromatic carbocycles. The van der Waals surface area contributed by atoms with Crippen LogP contribution in [0.25, 0.3) is 0 Å². The Kier molecular flexibility index (Phi) is 2.26. The van der Waals surface area contributed by atoms with Crippen LogP contribution in [0.4, 0.5) is 0 Å². The van der Waals surface area contributed by atoms with Gasteiger partial charge in [-0.1, -0.05) is 6.92 Å². The summed E-state index contributed by atoms with van der Waals surface area (Å²) in [4.78, 5) is 1.96. The van der Waals surface area contributed by atoms with Crippen LogP contribution in [0.1, 0.15) is 33.6 Å². The van der Waals surface area contributed by atoms with Crippen molar-refractivity contribution in [3.8, 4) is 0 Å². The lowest BCUT2D eigenvalue weighted by molar-refractivity contribution is -0.129. The number of likely N-dealkylation sites (tertiary alicyclic amines) is 1. The minimum absolute atomic E-state index is 0.0880. The summed E-state index contributed by atoms with van der Waals surface area (Å²) < 4.78 is 0. The second kappa shape index (κ2) is 2.76. The van der Waals surface area contributed by atoms with Gasteiger partial charge in [-0.3, -0.25) is 4.90 Å². The summed E-state index contributed by atoms with van der Waals surface area (Å²) in [5.74, 6) is 0.637. The van der Waals surface area contributed by atoms with Gasteiger partial charge in [-0.25, -0.2) is 5.11 Å². The normalized spacial score (nSPS) is 39.0. The molecule has 2 atom stereocenters. The minimum Gasteiger partial charge on any atom is -0.273 e. The lowest BCUT2D eigenvalue weighted by atomic mass is 9.80. The quantitative estimate of drug-likeness (QED) is 0.525. The Balaban J connectivity index is 2.72. The van der Waals surface area contributed by atoms with Gasteiger partial charge in [0.25, 0.3) is 0 Å². The van der Waals surface area contributed by atoms with Crippen molar-refractivity contribution >= 4 is 0 Å². The highest BCUT2D eigenvalue weighted by molar-refractivity contribution is 4.89. The molecular formula is C9H18NO. The highest BCUT2D eigenvalue weighted by Crippen LogP contribution is 2.34. The SMILES string of the molecule is CC1CCC([O])N(C)C1(C)C. The van der Waals surface area contributed by atoms with Crippen LogP contribution in [-0.2, 0) is 5.11 Å². The van der Waals surface area contributed by atoms with Gasteiger partial charge in [0.1, 0.15) is 6.23 Å². The molecule has 0 bridgehead atoms. The first kappa shape index (κ1) is 9.01. The summed E-state index contributed by atoms with van der Waals surface area (Å²) in [6, 6.07) is 0. The molecule has 1 heterocycles.